The highest BCUT2D eigenvalue weighted by molar-refractivity contribution is 5.76. The molecule has 3 rings (SSSR count). The van der Waals surface area contributed by atoms with Gasteiger partial charge < -0.3 is 10.6 Å². The van der Waals surface area contributed by atoms with E-state index >= 15 is 0 Å². The van der Waals surface area contributed by atoms with E-state index in [2.05, 4.69) is 25.6 Å². The Bertz CT molecular complexity index is 914. The number of rotatable bonds is 5. The Kier molecular flexibility index (Phi) is 4.51. The van der Waals surface area contributed by atoms with Crippen LogP contribution in [0.15, 0.2) is 49.1 Å². The molecule has 0 spiro atoms. The third-order valence-corrected chi connectivity index (χ3v) is 3.70. The Hall–Kier alpha value is -3.55. The van der Waals surface area contributed by atoms with Crippen molar-refractivity contribution in [3.05, 3.63) is 70.3 Å². The summed E-state index contributed by atoms with van der Waals surface area (Å²) in [6.45, 7) is 3.98. The van der Waals surface area contributed by atoms with Crippen LogP contribution < -0.4 is 10.6 Å². The Morgan fingerprint density at radius 2 is 1.72 bits per heavy atom. The van der Waals surface area contributed by atoms with Crippen LogP contribution in [0.3, 0.4) is 0 Å². The number of anilines is 4. The number of pyridine rings is 1. The fourth-order valence-corrected chi connectivity index (χ4v) is 2.26. The van der Waals surface area contributed by atoms with Crippen LogP contribution in [0.4, 0.5) is 28.7 Å². The van der Waals surface area contributed by atoms with Crippen LogP contribution in [0.1, 0.15) is 11.1 Å². The van der Waals surface area contributed by atoms with Crippen molar-refractivity contribution in [2.24, 2.45) is 0 Å². The zero-order chi connectivity index (χ0) is 17.8. The van der Waals surface area contributed by atoms with Gasteiger partial charge >= 0.3 is 5.69 Å². The van der Waals surface area contributed by atoms with Crippen molar-refractivity contribution in [2.75, 3.05) is 10.6 Å². The van der Waals surface area contributed by atoms with Gasteiger partial charge in [0.25, 0.3) is 0 Å². The molecule has 0 aliphatic carbocycles. The molecule has 25 heavy (non-hydrogen) atoms. The van der Waals surface area contributed by atoms with Gasteiger partial charge in [0.1, 0.15) is 6.33 Å². The molecule has 0 saturated carbocycles. The van der Waals surface area contributed by atoms with Gasteiger partial charge in [-0.2, -0.15) is 0 Å². The van der Waals surface area contributed by atoms with E-state index in [9.17, 15) is 10.1 Å². The van der Waals surface area contributed by atoms with Crippen molar-refractivity contribution < 1.29 is 4.92 Å². The van der Waals surface area contributed by atoms with Crippen molar-refractivity contribution in [2.45, 2.75) is 13.8 Å². The van der Waals surface area contributed by atoms with Gasteiger partial charge in [0, 0.05) is 11.9 Å². The third kappa shape index (κ3) is 3.69. The smallest absolute Gasteiger partial charge is 0.334 e. The average molecular weight is 336 g/mol. The fraction of sp³-hybridized carbons (Fsp3) is 0.118. The minimum Gasteiger partial charge on any atom is -0.334 e. The molecule has 8 nitrogen and oxygen atoms in total. The molecule has 2 aromatic heterocycles. The lowest BCUT2D eigenvalue weighted by molar-refractivity contribution is -0.383. The maximum atomic E-state index is 11.6. The van der Waals surface area contributed by atoms with Gasteiger partial charge in [0.05, 0.1) is 16.8 Å². The summed E-state index contributed by atoms with van der Waals surface area (Å²) in [6, 6.07) is 9.18. The Morgan fingerprint density at radius 1 is 1.00 bits per heavy atom. The molecule has 3 aromatic rings. The van der Waals surface area contributed by atoms with Crippen LogP contribution in [-0.2, 0) is 0 Å². The first kappa shape index (κ1) is 16.3. The SMILES string of the molecule is Cc1ccc(Nc2ncnc(Nc3cccnc3)c2[N+](=O)[O-])cc1C. The normalized spacial score (nSPS) is 10.3. The number of nitro groups is 1. The summed E-state index contributed by atoms with van der Waals surface area (Å²) in [4.78, 5) is 23.1. The first-order valence-corrected chi connectivity index (χ1v) is 7.55. The fourth-order valence-electron chi connectivity index (χ4n) is 2.26. The molecule has 126 valence electrons. The van der Waals surface area contributed by atoms with E-state index in [1.807, 2.05) is 32.0 Å². The van der Waals surface area contributed by atoms with E-state index < -0.39 is 4.92 Å². The lowest BCUT2D eigenvalue weighted by atomic mass is 10.1. The second-order valence-corrected chi connectivity index (χ2v) is 5.47. The minimum atomic E-state index is -0.512. The monoisotopic (exact) mass is 336 g/mol. The zero-order valence-corrected chi connectivity index (χ0v) is 13.7. The maximum Gasteiger partial charge on any atom is 0.353 e. The first-order valence-electron chi connectivity index (χ1n) is 7.55. The Morgan fingerprint density at radius 3 is 2.32 bits per heavy atom. The summed E-state index contributed by atoms with van der Waals surface area (Å²) in [5.41, 5.74) is 3.31. The summed E-state index contributed by atoms with van der Waals surface area (Å²) >= 11 is 0. The van der Waals surface area contributed by atoms with Crippen molar-refractivity contribution in [1.29, 1.82) is 0 Å². The quantitative estimate of drug-likeness (QED) is 0.538. The average Bonchev–Trinajstić information content (AvgIpc) is 2.59. The molecule has 2 N–H and O–H groups in total. The topological polar surface area (TPSA) is 106 Å². The number of nitrogens with zero attached hydrogens (tertiary/aromatic N) is 4. The molecular formula is C17H16N6O2. The molecular weight excluding hydrogens is 320 g/mol. The first-order chi connectivity index (χ1) is 12.0. The van der Waals surface area contributed by atoms with Crippen LogP contribution in [0.25, 0.3) is 0 Å². The largest absolute Gasteiger partial charge is 0.353 e. The van der Waals surface area contributed by atoms with E-state index in [0.29, 0.717) is 5.69 Å². The van der Waals surface area contributed by atoms with Gasteiger partial charge in [0.2, 0.25) is 11.6 Å². The van der Waals surface area contributed by atoms with E-state index in [1.165, 1.54) is 6.33 Å². The van der Waals surface area contributed by atoms with Crippen LogP contribution in [0.2, 0.25) is 0 Å². The van der Waals surface area contributed by atoms with Gasteiger partial charge in [-0.25, -0.2) is 9.97 Å². The molecule has 0 amide bonds. The molecule has 0 aliphatic heterocycles. The van der Waals surface area contributed by atoms with Crippen molar-refractivity contribution in [3.8, 4) is 0 Å². The number of benzene rings is 1. The molecule has 0 bridgehead atoms. The summed E-state index contributed by atoms with van der Waals surface area (Å²) in [7, 11) is 0. The number of nitrogens with one attached hydrogen (secondary N) is 2. The van der Waals surface area contributed by atoms with E-state index in [1.54, 1.807) is 24.5 Å². The minimum absolute atomic E-state index is 0.0966. The zero-order valence-electron chi connectivity index (χ0n) is 13.7. The van der Waals surface area contributed by atoms with Gasteiger partial charge in [-0.1, -0.05) is 6.07 Å². The van der Waals surface area contributed by atoms with Crippen LogP contribution >= 0.6 is 0 Å². The number of aryl methyl sites for hydroxylation is 2. The molecule has 0 unspecified atom stereocenters. The molecule has 0 saturated heterocycles. The predicted octanol–water partition coefficient (Wildman–Crippen LogP) is 3.88. The van der Waals surface area contributed by atoms with E-state index in [0.717, 1.165) is 16.8 Å². The summed E-state index contributed by atoms with van der Waals surface area (Å²) in [5, 5.41) is 17.5. The molecule has 0 fully saturated rings. The van der Waals surface area contributed by atoms with E-state index in [-0.39, 0.29) is 17.3 Å². The van der Waals surface area contributed by atoms with Gasteiger partial charge in [-0.15, -0.1) is 0 Å². The van der Waals surface area contributed by atoms with Crippen molar-refractivity contribution in [1.82, 2.24) is 15.0 Å². The second-order valence-electron chi connectivity index (χ2n) is 5.47. The standard InChI is InChI=1S/C17H16N6O2/c1-11-5-6-13(8-12(11)2)21-16-15(23(24)25)17(20-10-19-16)22-14-4-3-7-18-9-14/h3-10H,1-2H3,(H2,19,20,21,22). The maximum absolute atomic E-state index is 11.6. The number of aromatic nitrogens is 3. The highest BCUT2D eigenvalue weighted by Crippen LogP contribution is 2.33. The molecule has 2 heterocycles. The summed E-state index contributed by atoms with van der Waals surface area (Å²) in [5.74, 6) is 0.217. The van der Waals surface area contributed by atoms with Gasteiger partial charge in [-0.3, -0.25) is 15.1 Å². The third-order valence-electron chi connectivity index (χ3n) is 3.70. The van der Waals surface area contributed by atoms with E-state index in [4.69, 9.17) is 0 Å². The summed E-state index contributed by atoms with van der Waals surface area (Å²) in [6.07, 6.45) is 4.45. The number of hydrogen-bond donors (Lipinski definition) is 2. The molecule has 0 atom stereocenters. The Labute approximate surface area is 144 Å². The number of hydrogen-bond acceptors (Lipinski definition) is 7. The highest BCUT2D eigenvalue weighted by atomic mass is 16.6. The van der Waals surface area contributed by atoms with Crippen LogP contribution in [0, 0.1) is 24.0 Å². The molecule has 1 aromatic carbocycles. The Balaban J connectivity index is 1.97. The lowest BCUT2D eigenvalue weighted by Crippen LogP contribution is -2.05. The molecule has 0 radical (unpaired) electrons. The predicted molar refractivity (Wildman–Crippen MR) is 95.4 cm³/mol. The van der Waals surface area contributed by atoms with Crippen molar-refractivity contribution >= 4 is 28.7 Å². The summed E-state index contributed by atoms with van der Waals surface area (Å²) < 4.78 is 0. The van der Waals surface area contributed by atoms with Gasteiger partial charge in [-0.05, 0) is 49.2 Å². The lowest BCUT2D eigenvalue weighted by Gasteiger charge is -2.11. The van der Waals surface area contributed by atoms with Crippen LogP contribution in [0.5, 0.6) is 0 Å². The van der Waals surface area contributed by atoms with Crippen molar-refractivity contribution in [3.63, 3.8) is 0 Å². The highest BCUT2D eigenvalue weighted by Gasteiger charge is 2.23. The molecule has 8 heteroatoms. The second kappa shape index (κ2) is 6.91. The molecule has 0 aliphatic rings. The van der Waals surface area contributed by atoms with Gasteiger partial charge in [0.15, 0.2) is 0 Å². The van der Waals surface area contributed by atoms with Crippen LogP contribution in [-0.4, -0.2) is 19.9 Å².